The molecule has 2 amide bonds. The summed E-state index contributed by atoms with van der Waals surface area (Å²) in [7, 11) is 3.83. The first kappa shape index (κ1) is 27.8. The standard InChI is InChI=1S/C17H15FN2O.C7H16N2O.C2H6/c1-4-14-9(2)10(3)16(19-14)8-13-12-7-11(18)5-6-15(12)20-17(13)21;1-4-8(2)5-6-9(3)7-10;1-2/h4-8,19H,1H2,2-3H3,(H,20,21);7H,4-6H2,1-3H3;1-2H3/b13-8-;;. The van der Waals surface area contributed by atoms with Gasteiger partial charge in [-0.05, 0) is 68.9 Å². The molecule has 3 rings (SSSR count). The fourth-order valence-electron chi connectivity index (χ4n) is 3.07. The van der Waals surface area contributed by atoms with Gasteiger partial charge in [0.2, 0.25) is 6.41 Å². The zero-order valence-corrected chi connectivity index (χ0v) is 20.9. The van der Waals surface area contributed by atoms with Crippen molar-refractivity contribution in [3.8, 4) is 0 Å². The Bertz CT molecular complexity index is 994. The van der Waals surface area contributed by atoms with Crippen LogP contribution in [0.25, 0.3) is 17.7 Å². The van der Waals surface area contributed by atoms with E-state index in [1.807, 2.05) is 34.7 Å². The molecule has 2 N–H and O–H groups in total. The van der Waals surface area contributed by atoms with E-state index in [0.29, 0.717) is 16.8 Å². The van der Waals surface area contributed by atoms with Crippen LogP contribution >= 0.6 is 0 Å². The fourth-order valence-corrected chi connectivity index (χ4v) is 3.07. The van der Waals surface area contributed by atoms with Crippen LogP contribution in [0.3, 0.4) is 0 Å². The van der Waals surface area contributed by atoms with Gasteiger partial charge in [0.05, 0.1) is 5.57 Å². The molecule has 1 aliphatic rings. The van der Waals surface area contributed by atoms with Crippen LogP contribution in [-0.4, -0.2) is 60.8 Å². The Morgan fingerprint density at radius 2 is 1.73 bits per heavy atom. The fraction of sp³-hybridized carbons (Fsp3) is 0.385. The summed E-state index contributed by atoms with van der Waals surface area (Å²) in [5.41, 5.74) is 5.60. The minimum atomic E-state index is -0.359. The number of likely N-dealkylation sites (N-methyl/N-ethyl adjacent to an activating group) is 2. The molecule has 33 heavy (non-hydrogen) atoms. The second-order valence-electron chi connectivity index (χ2n) is 7.59. The number of nitrogens with zero attached hydrogens (tertiary/aromatic N) is 2. The van der Waals surface area contributed by atoms with Gasteiger partial charge in [-0.1, -0.05) is 27.4 Å². The summed E-state index contributed by atoms with van der Waals surface area (Å²) in [5.74, 6) is -0.579. The SMILES string of the molecule is C=Cc1[nH]c(/C=C2\C(=O)Nc3ccc(F)cc32)c(C)c1C.CC.CCN(C)CCN(C)C=O. The van der Waals surface area contributed by atoms with Gasteiger partial charge < -0.3 is 20.1 Å². The largest absolute Gasteiger partial charge is 0.355 e. The van der Waals surface area contributed by atoms with Crippen molar-refractivity contribution in [2.45, 2.75) is 34.6 Å². The van der Waals surface area contributed by atoms with Crippen molar-refractivity contribution in [2.75, 3.05) is 39.0 Å². The number of carbonyl (C=O) groups is 2. The number of hydrogen-bond acceptors (Lipinski definition) is 3. The van der Waals surface area contributed by atoms with Crippen LogP contribution in [0.2, 0.25) is 0 Å². The molecule has 1 aliphatic heterocycles. The first-order chi connectivity index (χ1) is 15.7. The molecule has 1 aromatic carbocycles. The molecule has 180 valence electrons. The molecule has 0 unspecified atom stereocenters. The van der Waals surface area contributed by atoms with Gasteiger partial charge in [0.25, 0.3) is 5.91 Å². The third kappa shape index (κ3) is 7.43. The smallest absolute Gasteiger partial charge is 0.256 e. The van der Waals surface area contributed by atoms with E-state index in [0.717, 1.165) is 48.6 Å². The van der Waals surface area contributed by atoms with Crippen LogP contribution in [0, 0.1) is 19.7 Å². The van der Waals surface area contributed by atoms with E-state index in [2.05, 4.69) is 28.7 Å². The molecule has 0 spiro atoms. The molecular weight excluding hydrogens is 419 g/mol. The second kappa shape index (κ2) is 13.4. The van der Waals surface area contributed by atoms with Gasteiger partial charge in [-0.2, -0.15) is 0 Å². The Morgan fingerprint density at radius 3 is 2.27 bits per heavy atom. The van der Waals surface area contributed by atoms with Crippen molar-refractivity contribution in [3.05, 3.63) is 58.7 Å². The van der Waals surface area contributed by atoms with Crippen molar-refractivity contribution in [3.63, 3.8) is 0 Å². The lowest BCUT2D eigenvalue weighted by Gasteiger charge is -2.16. The summed E-state index contributed by atoms with van der Waals surface area (Å²) in [4.78, 5) is 29.2. The van der Waals surface area contributed by atoms with Crippen LogP contribution in [0.15, 0.2) is 24.8 Å². The Morgan fingerprint density at radius 1 is 1.09 bits per heavy atom. The third-order valence-corrected chi connectivity index (χ3v) is 5.45. The Balaban J connectivity index is 0.000000386. The maximum absolute atomic E-state index is 13.4. The first-order valence-electron chi connectivity index (χ1n) is 11.2. The Kier molecular flexibility index (Phi) is 11.3. The normalized spacial score (nSPS) is 12.9. The van der Waals surface area contributed by atoms with E-state index < -0.39 is 0 Å². The number of anilines is 1. The van der Waals surface area contributed by atoms with Gasteiger partial charge in [0, 0.05) is 42.8 Å². The zero-order valence-electron chi connectivity index (χ0n) is 20.9. The molecule has 6 nitrogen and oxygen atoms in total. The minimum Gasteiger partial charge on any atom is -0.355 e. The van der Waals surface area contributed by atoms with Gasteiger partial charge in [-0.3, -0.25) is 9.59 Å². The molecule has 2 heterocycles. The van der Waals surface area contributed by atoms with E-state index in [1.54, 1.807) is 30.2 Å². The number of aromatic amines is 1. The highest BCUT2D eigenvalue weighted by atomic mass is 19.1. The molecule has 0 radical (unpaired) electrons. The number of halogens is 1. The van der Waals surface area contributed by atoms with Crippen LogP contribution in [0.5, 0.6) is 0 Å². The maximum atomic E-state index is 13.4. The van der Waals surface area contributed by atoms with E-state index in [4.69, 9.17) is 0 Å². The van der Waals surface area contributed by atoms with Gasteiger partial charge in [0.15, 0.2) is 0 Å². The van der Waals surface area contributed by atoms with Crippen molar-refractivity contribution in [1.29, 1.82) is 0 Å². The number of carbonyl (C=O) groups excluding carboxylic acids is 2. The summed E-state index contributed by atoms with van der Waals surface area (Å²) in [5, 5.41) is 2.74. The molecule has 0 saturated carbocycles. The summed E-state index contributed by atoms with van der Waals surface area (Å²) in [6, 6.07) is 4.28. The quantitative estimate of drug-likeness (QED) is 0.457. The molecule has 0 fully saturated rings. The van der Waals surface area contributed by atoms with Gasteiger partial charge >= 0.3 is 0 Å². The van der Waals surface area contributed by atoms with Crippen molar-refractivity contribution < 1.29 is 14.0 Å². The minimum absolute atomic E-state index is 0.220. The number of rotatable bonds is 7. The highest BCUT2D eigenvalue weighted by molar-refractivity contribution is 6.34. The number of nitrogens with one attached hydrogen (secondary N) is 2. The first-order valence-corrected chi connectivity index (χ1v) is 11.2. The number of hydrogen-bond donors (Lipinski definition) is 2. The highest BCUT2D eigenvalue weighted by Gasteiger charge is 2.25. The van der Waals surface area contributed by atoms with Crippen molar-refractivity contribution >= 4 is 35.7 Å². The van der Waals surface area contributed by atoms with Crippen LogP contribution in [0.4, 0.5) is 10.1 Å². The van der Waals surface area contributed by atoms with Crippen LogP contribution in [0.1, 0.15) is 48.8 Å². The maximum Gasteiger partial charge on any atom is 0.256 e. The highest BCUT2D eigenvalue weighted by Crippen LogP contribution is 2.34. The number of aromatic nitrogens is 1. The van der Waals surface area contributed by atoms with Gasteiger partial charge in [-0.15, -0.1) is 0 Å². The summed E-state index contributed by atoms with van der Waals surface area (Å²) in [6.45, 7) is 16.6. The molecule has 2 aromatic rings. The molecule has 0 aliphatic carbocycles. The second-order valence-corrected chi connectivity index (χ2v) is 7.59. The molecule has 0 saturated heterocycles. The van der Waals surface area contributed by atoms with Crippen LogP contribution < -0.4 is 5.32 Å². The van der Waals surface area contributed by atoms with Crippen molar-refractivity contribution in [1.82, 2.24) is 14.8 Å². The van der Waals surface area contributed by atoms with Gasteiger partial charge in [0.1, 0.15) is 5.82 Å². The van der Waals surface area contributed by atoms with E-state index in [-0.39, 0.29) is 11.7 Å². The Hall–Kier alpha value is -3.19. The van der Waals surface area contributed by atoms with Crippen molar-refractivity contribution in [2.24, 2.45) is 0 Å². The zero-order chi connectivity index (χ0) is 25.1. The summed E-state index contributed by atoms with van der Waals surface area (Å²) >= 11 is 0. The monoisotopic (exact) mass is 456 g/mol. The number of benzene rings is 1. The lowest BCUT2D eigenvalue weighted by Crippen LogP contribution is -2.29. The third-order valence-electron chi connectivity index (χ3n) is 5.45. The predicted molar refractivity (Wildman–Crippen MR) is 136 cm³/mol. The lowest BCUT2D eigenvalue weighted by molar-refractivity contribution is -0.117. The summed E-state index contributed by atoms with van der Waals surface area (Å²) < 4.78 is 13.4. The van der Waals surface area contributed by atoms with E-state index in [1.165, 1.54) is 12.1 Å². The molecule has 0 bridgehead atoms. The lowest BCUT2D eigenvalue weighted by atomic mass is 10.0. The number of amides is 2. The number of H-pyrrole nitrogens is 1. The molecule has 7 heteroatoms. The number of fused-ring (bicyclic) bond motifs is 1. The van der Waals surface area contributed by atoms with E-state index >= 15 is 0 Å². The Labute approximate surface area is 197 Å². The van der Waals surface area contributed by atoms with E-state index in [9.17, 15) is 14.0 Å². The topological polar surface area (TPSA) is 68.4 Å². The van der Waals surface area contributed by atoms with Crippen LogP contribution in [-0.2, 0) is 9.59 Å². The van der Waals surface area contributed by atoms with Gasteiger partial charge in [-0.25, -0.2) is 4.39 Å². The predicted octanol–water partition coefficient (Wildman–Crippen LogP) is 4.96. The molecular formula is C26H37FN4O2. The molecule has 1 aromatic heterocycles. The summed E-state index contributed by atoms with van der Waals surface area (Å²) in [6.07, 6.45) is 4.35. The average molecular weight is 457 g/mol. The molecule has 0 atom stereocenters. The average Bonchev–Trinajstić information content (AvgIpc) is 3.28.